The van der Waals surface area contributed by atoms with Crippen LogP contribution in [0, 0.1) is 5.92 Å². The van der Waals surface area contributed by atoms with Gasteiger partial charge in [0.15, 0.2) is 0 Å². The minimum atomic E-state index is -0.508. The van der Waals surface area contributed by atoms with Crippen molar-refractivity contribution in [3.63, 3.8) is 0 Å². The fourth-order valence-electron chi connectivity index (χ4n) is 1.38. The Morgan fingerprint density at radius 3 is 2.56 bits per heavy atom. The van der Waals surface area contributed by atoms with E-state index < -0.39 is 6.10 Å². The SMILES string of the molecule is CC(C)CCOc1ccc(Br)cc1C(C)O. The highest BCUT2D eigenvalue weighted by Crippen LogP contribution is 2.28. The molecule has 0 saturated heterocycles. The van der Waals surface area contributed by atoms with Crippen molar-refractivity contribution in [3.8, 4) is 5.75 Å². The Morgan fingerprint density at radius 2 is 2.00 bits per heavy atom. The Labute approximate surface area is 106 Å². The molecule has 1 rings (SSSR count). The van der Waals surface area contributed by atoms with Crippen molar-refractivity contribution in [1.29, 1.82) is 0 Å². The molecule has 0 heterocycles. The summed E-state index contributed by atoms with van der Waals surface area (Å²) in [6, 6.07) is 5.72. The molecule has 0 spiro atoms. The zero-order valence-corrected chi connectivity index (χ0v) is 11.6. The molecule has 90 valence electrons. The van der Waals surface area contributed by atoms with E-state index in [-0.39, 0.29) is 0 Å². The number of ether oxygens (including phenoxy) is 1. The molecule has 0 saturated carbocycles. The summed E-state index contributed by atoms with van der Waals surface area (Å²) in [5.74, 6) is 1.41. The highest BCUT2D eigenvalue weighted by molar-refractivity contribution is 9.10. The Bertz CT molecular complexity index is 335. The monoisotopic (exact) mass is 286 g/mol. The molecular formula is C13H19BrO2. The van der Waals surface area contributed by atoms with E-state index in [0.29, 0.717) is 12.5 Å². The number of aliphatic hydroxyl groups excluding tert-OH is 1. The molecule has 1 unspecified atom stereocenters. The van der Waals surface area contributed by atoms with E-state index in [1.807, 2.05) is 18.2 Å². The molecule has 1 aromatic carbocycles. The largest absolute Gasteiger partial charge is 0.493 e. The van der Waals surface area contributed by atoms with E-state index in [0.717, 1.165) is 22.2 Å². The molecule has 0 fully saturated rings. The lowest BCUT2D eigenvalue weighted by molar-refractivity contribution is 0.190. The van der Waals surface area contributed by atoms with E-state index >= 15 is 0 Å². The van der Waals surface area contributed by atoms with Gasteiger partial charge in [-0.1, -0.05) is 29.8 Å². The van der Waals surface area contributed by atoms with Crippen molar-refractivity contribution >= 4 is 15.9 Å². The molecule has 0 aliphatic carbocycles. The molecule has 0 aliphatic rings. The average molecular weight is 287 g/mol. The van der Waals surface area contributed by atoms with Crippen molar-refractivity contribution < 1.29 is 9.84 Å². The van der Waals surface area contributed by atoms with Crippen molar-refractivity contribution in [3.05, 3.63) is 28.2 Å². The maximum absolute atomic E-state index is 9.64. The van der Waals surface area contributed by atoms with Gasteiger partial charge in [0.1, 0.15) is 5.75 Å². The highest BCUT2D eigenvalue weighted by Gasteiger charge is 2.09. The fraction of sp³-hybridized carbons (Fsp3) is 0.538. The van der Waals surface area contributed by atoms with E-state index in [1.54, 1.807) is 6.92 Å². The van der Waals surface area contributed by atoms with Gasteiger partial charge in [-0.15, -0.1) is 0 Å². The molecule has 0 aliphatic heterocycles. The van der Waals surface area contributed by atoms with Crippen LogP contribution in [0.5, 0.6) is 5.75 Å². The Kier molecular flexibility index (Phi) is 5.29. The lowest BCUT2D eigenvalue weighted by Gasteiger charge is -2.14. The maximum atomic E-state index is 9.64. The smallest absolute Gasteiger partial charge is 0.125 e. The molecular weight excluding hydrogens is 268 g/mol. The third kappa shape index (κ3) is 4.14. The summed E-state index contributed by atoms with van der Waals surface area (Å²) < 4.78 is 6.64. The third-order valence-electron chi connectivity index (χ3n) is 2.37. The normalized spacial score (nSPS) is 12.9. The first-order valence-corrected chi connectivity index (χ1v) is 6.40. The van der Waals surface area contributed by atoms with Crippen LogP contribution in [0.2, 0.25) is 0 Å². The predicted octanol–water partition coefficient (Wildman–Crippen LogP) is 3.93. The van der Waals surface area contributed by atoms with Crippen LogP contribution in [0.4, 0.5) is 0 Å². The van der Waals surface area contributed by atoms with Crippen LogP contribution in [0.15, 0.2) is 22.7 Å². The second kappa shape index (κ2) is 6.26. The molecule has 16 heavy (non-hydrogen) atoms. The minimum absolute atomic E-state index is 0.508. The number of hydrogen-bond acceptors (Lipinski definition) is 2. The molecule has 3 heteroatoms. The fourth-order valence-corrected chi connectivity index (χ4v) is 1.76. The van der Waals surface area contributed by atoms with Gasteiger partial charge in [0.25, 0.3) is 0 Å². The summed E-state index contributed by atoms with van der Waals surface area (Å²) in [6.07, 6.45) is 0.515. The minimum Gasteiger partial charge on any atom is -0.493 e. The first-order chi connectivity index (χ1) is 7.50. The second-order valence-electron chi connectivity index (χ2n) is 4.39. The van der Waals surface area contributed by atoms with Crippen molar-refractivity contribution in [2.45, 2.75) is 33.3 Å². The first kappa shape index (κ1) is 13.5. The molecule has 2 nitrogen and oxygen atoms in total. The van der Waals surface area contributed by atoms with Gasteiger partial charge in [0, 0.05) is 10.0 Å². The first-order valence-electron chi connectivity index (χ1n) is 5.61. The van der Waals surface area contributed by atoms with Crippen LogP contribution in [0.25, 0.3) is 0 Å². The van der Waals surface area contributed by atoms with Crippen LogP contribution < -0.4 is 4.74 Å². The van der Waals surface area contributed by atoms with Crippen molar-refractivity contribution in [1.82, 2.24) is 0 Å². The molecule has 1 aromatic rings. The zero-order valence-electron chi connectivity index (χ0n) is 10.0. The summed E-state index contributed by atoms with van der Waals surface area (Å²) in [6.45, 7) is 6.77. The van der Waals surface area contributed by atoms with E-state index in [1.165, 1.54) is 0 Å². The zero-order chi connectivity index (χ0) is 12.1. The molecule has 0 aromatic heterocycles. The lowest BCUT2D eigenvalue weighted by Crippen LogP contribution is -2.04. The van der Waals surface area contributed by atoms with E-state index in [2.05, 4.69) is 29.8 Å². The lowest BCUT2D eigenvalue weighted by atomic mass is 10.1. The number of aliphatic hydroxyl groups is 1. The van der Waals surface area contributed by atoms with Crippen LogP contribution in [-0.2, 0) is 0 Å². The van der Waals surface area contributed by atoms with E-state index in [9.17, 15) is 5.11 Å². The molecule has 0 radical (unpaired) electrons. The number of rotatable bonds is 5. The quantitative estimate of drug-likeness (QED) is 0.889. The number of benzene rings is 1. The summed E-state index contributed by atoms with van der Waals surface area (Å²) in [7, 11) is 0. The van der Waals surface area contributed by atoms with Gasteiger partial charge in [0.2, 0.25) is 0 Å². The van der Waals surface area contributed by atoms with Crippen LogP contribution in [0.1, 0.15) is 38.9 Å². The third-order valence-corrected chi connectivity index (χ3v) is 2.87. The second-order valence-corrected chi connectivity index (χ2v) is 5.30. The van der Waals surface area contributed by atoms with Crippen molar-refractivity contribution in [2.75, 3.05) is 6.61 Å². The van der Waals surface area contributed by atoms with Crippen LogP contribution in [-0.4, -0.2) is 11.7 Å². The summed E-state index contributed by atoms with van der Waals surface area (Å²) in [5.41, 5.74) is 0.832. The van der Waals surface area contributed by atoms with Gasteiger partial charge in [0.05, 0.1) is 12.7 Å². The number of halogens is 1. The number of hydrogen-bond donors (Lipinski definition) is 1. The van der Waals surface area contributed by atoms with Crippen molar-refractivity contribution in [2.24, 2.45) is 5.92 Å². The average Bonchev–Trinajstić information content (AvgIpc) is 2.19. The Hall–Kier alpha value is -0.540. The summed E-state index contributed by atoms with van der Waals surface area (Å²) in [5, 5.41) is 9.64. The standard InChI is InChI=1S/C13H19BrO2/c1-9(2)6-7-16-13-5-4-11(14)8-12(13)10(3)15/h4-5,8-10,15H,6-7H2,1-3H3. The van der Waals surface area contributed by atoms with Crippen LogP contribution >= 0.6 is 15.9 Å². The van der Waals surface area contributed by atoms with Gasteiger partial charge in [-0.3, -0.25) is 0 Å². The molecule has 1 N–H and O–H groups in total. The summed E-state index contributed by atoms with van der Waals surface area (Å²) >= 11 is 3.39. The topological polar surface area (TPSA) is 29.5 Å². The Morgan fingerprint density at radius 1 is 1.31 bits per heavy atom. The van der Waals surface area contributed by atoms with Gasteiger partial charge in [-0.05, 0) is 37.5 Å². The predicted molar refractivity (Wildman–Crippen MR) is 69.7 cm³/mol. The van der Waals surface area contributed by atoms with Gasteiger partial charge in [-0.2, -0.15) is 0 Å². The molecule has 1 atom stereocenters. The Balaban J connectivity index is 2.71. The maximum Gasteiger partial charge on any atom is 0.125 e. The van der Waals surface area contributed by atoms with Crippen LogP contribution in [0.3, 0.4) is 0 Å². The van der Waals surface area contributed by atoms with Gasteiger partial charge < -0.3 is 9.84 Å². The van der Waals surface area contributed by atoms with E-state index in [4.69, 9.17) is 4.74 Å². The summed E-state index contributed by atoms with van der Waals surface area (Å²) in [4.78, 5) is 0. The molecule has 0 bridgehead atoms. The van der Waals surface area contributed by atoms with Gasteiger partial charge in [-0.25, -0.2) is 0 Å². The van der Waals surface area contributed by atoms with Gasteiger partial charge >= 0.3 is 0 Å². The highest BCUT2D eigenvalue weighted by atomic mass is 79.9. The molecule has 0 amide bonds.